The molecule has 0 saturated carbocycles. The van der Waals surface area contributed by atoms with Crippen molar-refractivity contribution >= 4 is 29.0 Å². The van der Waals surface area contributed by atoms with Crippen molar-refractivity contribution in [3.05, 3.63) is 28.7 Å². The molecule has 1 saturated heterocycles. The maximum absolute atomic E-state index is 12.2. The molecule has 2 amide bonds. The van der Waals surface area contributed by atoms with E-state index in [-0.39, 0.29) is 17.9 Å². The number of thioether (sulfide) groups is 1. The predicted molar refractivity (Wildman–Crippen MR) is 90.3 cm³/mol. The zero-order valence-corrected chi connectivity index (χ0v) is 14.0. The molecule has 1 aromatic carbocycles. The minimum Gasteiger partial charge on any atom is -0.493 e. The number of nitrogens with zero attached hydrogens (tertiary/aromatic N) is 1. The molecule has 120 valence electrons. The molecule has 0 bridgehead atoms. The molecule has 0 N–H and O–H groups in total. The summed E-state index contributed by atoms with van der Waals surface area (Å²) < 4.78 is 11.1. The van der Waals surface area contributed by atoms with Gasteiger partial charge < -0.3 is 9.47 Å². The molecule has 1 aromatic rings. The first-order chi connectivity index (χ1) is 11.0. The third-order valence-electron chi connectivity index (χ3n) is 2.99. The van der Waals surface area contributed by atoms with Gasteiger partial charge in [0, 0.05) is 5.56 Å². The average Bonchev–Trinajstić information content (AvgIpc) is 2.76. The quantitative estimate of drug-likeness (QED) is 0.613. The second-order valence-corrected chi connectivity index (χ2v) is 6.01. The second-order valence-electron chi connectivity index (χ2n) is 5.02. The van der Waals surface area contributed by atoms with E-state index in [9.17, 15) is 9.59 Å². The number of imide groups is 1. The van der Waals surface area contributed by atoms with E-state index in [0.717, 1.165) is 16.7 Å². The number of amides is 2. The largest absolute Gasteiger partial charge is 0.493 e. The molecule has 6 heteroatoms. The van der Waals surface area contributed by atoms with Crippen LogP contribution in [-0.2, 0) is 4.79 Å². The van der Waals surface area contributed by atoms with E-state index in [0.29, 0.717) is 22.0 Å². The van der Waals surface area contributed by atoms with Crippen molar-refractivity contribution in [1.82, 2.24) is 4.90 Å². The number of terminal acetylenes is 1. The van der Waals surface area contributed by atoms with E-state index in [4.69, 9.17) is 15.9 Å². The summed E-state index contributed by atoms with van der Waals surface area (Å²) in [6.07, 6.45) is 6.75. The Labute approximate surface area is 139 Å². The van der Waals surface area contributed by atoms with Crippen molar-refractivity contribution in [2.45, 2.75) is 20.0 Å². The monoisotopic (exact) mass is 331 g/mol. The second kappa shape index (κ2) is 7.25. The maximum Gasteiger partial charge on any atom is 0.294 e. The Kier molecular flexibility index (Phi) is 5.35. The highest BCUT2D eigenvalue weighted by atomic mass is 32.2. The van der Waals surface area contributed by atoms with Crippen LogP contribution < -0.4 is 9.47 Å². The van der Waals surface area contributed by atoms with Gasteiger partial charge in [-0.2, -0.15) is 0 Å². The highest BCUT2D eigenvalue weighted by Gasteiger charge is 2.34. The Morgan fingerprint density at radius 2 is 2.13 bits per heavy atom. The number of benzene rings is 1. The number of ether oxygens (including phenoxy) is 2. The molecular formula is C17H17NO4S. The standard InChI is InChI=1S/C17H17NO4S/c1-5-9-18-16(19)14(23-17(18)20)10-12-7-6-8-13(21-4)15(12)22-11(2)3/h1,6-8,10-11H,9H2,2-4H3. The Morgan fingerprint density at radius 1 is 1.39 bits per heavy atom. The lowest BCUT2D eigenvalue weighted by molar-refractivity contribution is -0.122. The molecule has 0 aromatic heterocycles. The number of carbonyl (C=O) groups is 2. The van der Waals surface area contributed by atoms with Crippen molar-refractivity contribution in [1.29, 1.82) is 0 Å². The van der Waals surface area contributed by atoms with Gasteiger partial charge in [0.15, 0.2) is 11.5 Å². The molecule has 0 atom stereocenters. The van der Waals surface area contributed by atoms with Crippen molar-refractivity contribution in [3.63, 3.8) is 0 Å². The average molecular weight is 331 g/mol. The minimum absolute atomic E-state index is 0.0323. The van der Waals surface area contributed by atoms with Gasteiger partial charge >= 0.3 is 0 Å². The Bertz CT molecular complexity index is 703. The van der Waals surface area contributed by atoms with Crippen LogP contribution >= 0.6 is 11.8 Å². The molecule has 23 heavy (non-hydrogen) atoms. The lowest BCUT2D eigenvalue weighted by atomic mass is 10.1. The summed E-state index contributed by atoms with van der Waals surface area (Å²) in [4.78, 5) is 25.4. The first-order valence-electron chi connectivity index (χ1n) is 7.00. The first-order valence-corrected chi connectivity index (χ1v) is 7.82. The normalized spacial score (nSPS) is 16.1. The van der Waals surface area contributed by atoms with E-state index in [2.05, 4.69) is 5.92 Å². The molecule has 0 aliphatic carbocycles. The van der Waals surface area contributed by atoms with Crippen LogP contribution in [0, 0.1) is 12.3 Å². The molecular weight excluding hydrogens is 314 g/mol. The number of rotatable bonds is 5. The summed E-state index contributed by atoms with van der Waals surface area (Å²) in [5.41, 5.74) is 0.671. The molecule has 0 spiro atoms. The SMILES string of the molecule is C#CCN1C(=O)SC(=Cc2cccc(OC)c2OC(C)C)C1=O. The third-order valence-corrected chi connectivity index (χ3v) is 3.90. The van der Waals surface area contributed by atoms with E-state index in [1.54, 1.807) is 31.4 Å². The minimum atomic E-state index is -0.392. The van der Waals surface area contributed by atoms with Crippen LogP contribution in [0.2, 0.25) is 0 Å². The van der Waals surface area contributed by atoms with Crippen LogP contribution in [0.3, 0.4) is 0 Å². The van der Waals surface area contributed by atoms with Gasteiger partial charge in [-0.25, -0.2) is 0 Å². The van der Waals surface area contributed by atoms with Gasteiger partial charge in [-0.3, -0.25) is 14.5 Å². The van der Waals surface area contributed by atoms with Crippen molar-refractivity contribution in [3.8, 4) is 23.8 Å². The summed E-state index contributed by atoms with van der Waals surface area (Å²) in [5, 5.41) is -0.367. The van der Waals surface area contributed by atoms with Gasteiger partial charge in [0.25, 0.3) is 11.1 Å². The fourth-order valence-corrected chi connectivity index (χ4v) is 2.87. The van der Waals surface area contributed by atoms with Crippen LogP contribution in [0.5, 0.6) is 11.5 Å². The maximum atomic E-state index is 12.2. The van der Waals surface area contributed by atoms with E-state index >= 15 is 0 Å². The van der Waals surface area contributed by atoms with Crippen molar-refractivity contribution < 1.29 is 19.1 Å². The zero-order chi connectivity index (χ0) is 17.0. The lowest BCUT2D eigenvalue weighted by Gasteiger charge is -2.16. The third kappa shape index (κ3) is 3.69. The van der Waals surface area contributed by atoms with Gasteiger partial charge in [-0.1, -0.05) is 18.1 Å². The van der Waals surface area contributed by atoms with Gasteiger partial charge in [-0.15, -0.1) is 6.42 Å². The first kappa shape index (κ1) is 17.0. The van der Waals surface area contributed by atoms with Crippen LogP contribution in [0.25, 0.3) is 6.08 Å². The Morgan fingerprint density at radius 3 is 2.74 bits per heavy atom. The Balaban J connectivity index is 2.42. The molecule has 0 radical (unpaired) electrons. The highest BCUT2D eigenvalue weighted by molar-refractivity contribution is 8.18. The van der Waals surface area contributed by atoms with Gasteiger partial charge in [0.2, 0.25) is 0 Å². The van der Waals surface area contributed by atoms with Crippen molar-refractivity contribution in [2.75, 3.05) is 13.7 Å². The lowest BCUT2D eigenvalue weighted by Crippen LogP contribution is -2.28. The summed E-state index contributed by atoms with van der Waals surface area (Å²) >= 11 is 0.864. The van der Waals surface area contributed by atoms with Gasteiger partial charge in [-0.05, 0) is 37.8 Å². The fourth-order valence-electron chi connectivity index (χ4n) is 2.04. The van der Waals surface area contributed by atoms with Crippen LogP contribution in [0.1, 0.15) is 19.4 Å². The highest BCUT2D eigenvalue weighted by Crippen LogP contribution is 2.37. The van der Waals surface area contributed by atoms with E-state index in [1.807, 2.05) is 13.8 Å². The number of hydrogen-bond donors (Lipinski definition) is 0. The Hall–Kier alpha value is -2.39. The fraction of sp³-hybridized carbons (Fsp3) is 0.294. The number of para-hydroxylation sites is 1. The van der Waals surface area contributed by atoms with Crippen LogP contribution in [0.15, 0.2) is 23.1 Å². The summed E-state index contributed by atoms with van der Waals surface area (Å²) in [5.74, 6) is 3.02. The number of hydrogen-bond acceptors (Lipinski definition) is 5. The topological polar surface area (TPSA) is 55.8 Å². The molecule has 1 heterocycles. The molecule has 1 fully saturated rings. The summed E-state index contributed by atoms with van der Waals surface area (Å²) in [6, 6.07) is 5.37. The molecule has 0 unspecified atom stereocenters. The van der Waals surface area contributed by atoms with E-state index in [1.165, 1.54) is 0 Å². The van der Waals surface area contributed by atoms with E-state index < -0.39 is 5.91 Å². The molecule has 2 rings (SSSR count). The molecule has 1 aliphatic heterocycles. The van der Waals surface area contributed by atoms with Crippen molar-refractivity contribution in [2.24, 2.45) is 0 Å². The van der Waals surface area contributed by atoms with Gasteiger partial charge in [0.05, 0.1) is 24.7 Å². The predicted octanol–water partition coefficient (Wildman–Crippen LogP) is 3.15. The van der Waals surface area contributed by atoms with Crippen LogP contribution in [0.4, 0.5) is 4.79 Å². The van der Waals surface area contributed by atoms with Gasteiger partial charge in [0.1, 0.15) is 0 Å². The number of methoxy groups -OCH3 is 1. The molecule has 1 aliphatic rings. The van der Waals surface area contributed by atoms with Crippen LogP contribution in [-0.4, -0.2) is 35.8 Å². The zero-order valence-electron chi connectivity index (χ0n) is 13.2. The number of carbonyl (C=O) groups excluding carboxylic acids is 2. The summed E-state index contributed by atoms with van der Waals surface area (Å²) in [6.45, 7) is 3.77. The summed E-state index contributed by atoms with van der Waals surface area (Å²) in [7, 11) is 1.55. The molecule has 5 nitrogen and oxygen atoms in total. The smallest absolute Gasteiger partial charge is 0.294 e.